The summed E-state index contributed by atoms with van der Waals surface area (Å²) in [4.78, 5) is 11.5. The van der Waals surface area contributed by atoms with Crippen LogP contribution in [-0.4, -0.2) is 63.5 Å². The number of nitrogen functional groups attached to an aromatic ring is 1. The highest BCUT2D eigenvalue weighted by Crippen LogP contribution is 2.49. The van der Waals surface area contributed by atoms with Crippen LogP contribution in [0, 0.1) is 17.8 Å². The number of fused-ring (bicyclic) bond motifs is 1. The molecule has 6 rings (SSSR count). The number of nitrogens with one attached hydrogen (secondary N) is 2. The van der Waals surface area contributed by atoms with Gasteiger partial charge in [-0.25, -0.2) is 4.98 Å². The van der Waals surface area contributed by atoms with Crippen LogP contribution in [0.2, 0.25) is 0 Å². The number of benzene rings is 1. The molecule has 1 aromatic carbocycles. The van der Waals surface area contributed by atoms with E-state index < -0.39 is 0 Å². The van der Waals surface area contributed by atoms with Crippen molar-refractivity contribution in [2.45, 2.75) is 64.7 Å². The number of aromatic nitrogens is 4. The number of nitrogens with zero attached hydrogens (tertiary/aromatic N) is 5. The average molecular weight is 505 g/mol. The number of nitrogens with two attached hydrogens (primary N) is 1. The number of hydrogen-bond donors (Lipinski definition) is 3. The lowest BCUT2D eigenvalue weighted by molar-refractivity contribution is 0.138. The Morgan fingerprint density at radius 3 is 2.76 bits per heavy atom. The van der Waals surface area contributed by atoms with E-state index in [0.29, 0.717) is 24.5 Å². The zero-order chi connectivity index (χ0) is 25.5. The summed E-state index contributed by atoms with van der Waals surface area (Å²) in [6.45, 7) is 9.00. The van der Waals surface area contributed by atoms with E-state index in [1.165, 1.54) is 31.2 Å². The molecule has 3 fully saturated rings. The molecule has 0 radical (unpaired) electrons. The van der Waals surface area contributed by atoms with Gasteiger partial charge in [-0.15, -0.1) is 0 Å². The first-order valence-corrected chi connectivity index (χ1v) is 13.8. The van der Waals surface area contributed by atoms with E-state index in [1.54, 1.807) is 13.3 Å². The van der Waals surface area contributed by atoms with Crippen LogP contribution in [0.15, 0.2) is 24.4 Å². The monoisotopic (exact) mass is 504 g/mol. The molecule has 37 heavy (non-hydrogen) atoms. The molecule has 4 N–H and O–H groups in total. The van der Waals surface area contributed by atoms with Gasteiger partial charge in [-0.1, -0.05) is 12.1 Å². The average Bonchev–Trinajstić information content (AvgIpc) is 3.61. The number of hydrogen-bond acceptors (Lipinski definition) is 8. The fourth-order valence-corrected chi connectivity index (χ4v) is 6.14. The van der Waals surface area contributed by atoms with Crippen LogP contribution in [-0.2, 0) is 13.1 Å². The van der Waals surface area contributed by atoms with Gasteiger partial charge < -0.3 is 21.1 Å². The van der Waals surface area contributed by atoms with Gasteiger partial charge in [-0.3, -0.25) is 9.58 Å². The van der Waals surface area contributed by atoms with Crippen LogP contribution in [0.3, 0.4) is 0 Å². The van der Waals surface area contributed by atoms with E-state index in [4.69, 9.17) is 10.5 Å². The van der Waals surface area contributed by atoms with Gasteiger partial charge in [0.1, 0.15) is 16.8 Å². The Bertz CT molecular complexity index is 1250. The Morgan fingerprint density at radius 1 is 1.14 bits per heavy atom. The van der Waals surface area contributed by atoms with Crippen molar-refractivity contribution in [1.82, 2.24) is 30.0 Å². The van der Waals surface area contributed by atoms with E-state index in [1.807, 2.05) is 4.68 Å². The van der Waals surface area contributed by atoms with Gasteiger partial charge in [0.25, 0.3) is 0 Å². The van der Waals surface area contributed by atoms with E-state index >= 15 is 0 Å². The molecule has 3 aliphatic rings. The third kappa shape index (κ3) is 5.25. The lowest BCUT2D eigenvalue weighted by atomic mass is 9.72. The number of rotatable bonds is 9. The smallest absolute Gasteiger partial charge is 0.222 e. The second-order valence-electron chi connectivity index (χ2n) is 11.5. The van der Waals surface area contributed by atoms with Crippen molar-refractivity contribution in [1.29, 1.82) is 0 Å². The van der Waals surface area contributed by atoms with Crippen LogP contribution < -0.4 is 21.1 Å². The summed E-state index contributed by atoms with van der Waals surface area (Å²) in [6, 6.07) is 7.56. The van der Waals surface area contributed by atoms with Crippen molar-refractivity contribution >= 4 is 22.8 Å². The third-order valence-corrected chi connectivity index (χ3v) is 8.58. The number of piperazine rings is 1. The fraction of sp³-hybridized carbons (Fsp3) is 0.607. The fourth-order valence-electron chi connectivity index (χ4n) is 6.14. The maximum Gasteiger partial charge on any atom is 0.222 e. The summed E-state index contributed by atoms with van der Waals surface area (Å²) in [6.07, 6.45) is 7.31. The molecule has 3 aromatic rings. The molecule has 0 unspecified atom stereocenters. The molecule has 9 nitrogen and oxygen atoms in total. The van der Waals surface area contributed by atoms with Gasteiger partial charge in [-0.2, -0.15) is 10.1 Å². The van der Waals surface area contributed by atoms with E-state index in [2.05, 4.69) is 62.6 Å². The minimum absolute atomic E-state index is 0.275. The summed E-state index contributed by atoms with van der Waals surface area (Å²) in [7, 11) is 1.74. The molecule has 2 aromatic heterocycles. The van der Waals surface area contributed by atoms with E-state index in [0.717, 1.165) is 66.2 Å². The standard InChI is InChI=1S/C28H40N8O/c1-17-14-35(18(2)11-30-17)15-19-4-5-22(25(10-19)37-3)16-36-26-24(13-32-36)33-28(29)34-27(26)31-12-20-8-23(9-20)21-6-7-21/h4-5,10,13,17-18,20-21,23,30H,6-9,11-12,14-16H2,1-3H3,(H3,29,31,33,34)/t17-,18-,20?,23?/m0/s1. The van der Waals surface area contributed by atoms with E-state index in [-0.39, 0.29) is 5.95 Å². The first kappa shape index (κ1) is 24.4. The van der Waals surface area contributed by atoms with Crippen molar-refractivity contribution in [2.75, 3.05) is 37.8 Å². The van der Waals surface area contributed by atoms with Crippen LogP contribution >= 0.6 is 0 Å². The number of methoxy groups -OCH3 is 1. The Morgan fingerprint density at radius 2 is 1.97 bits per heavy atom. The lowest BCUT2D eigenvalue weighted by Crippen LogP contribution is -2.53. The maximum atomic E-state index is 6.04. The predicted molar refractivity (Wildman–Crippen MR) is 147 cm³/mol. The van der Waals surface area contributed by atoms with Crippen molar-refractivity contribution in [3.05, 3.63) is 35.5 Å². The van der Waals surface area contributed by atoms with Crippen molar-refractivity contribution < 1.29 is 4.74 Å². The van der Waals surface area contributed by atoms with Crippen molar-refractivity contribution in [2.24, 2.45) is 17.8 Å². The molecule has 0 spiro atoms. The highest BCUT2D eigenvalue weighted by atomic mass is 16.5. The summed E-state index contributed by atoms with van der Waals surface area (Å²) >= 11 is 0. The molecular weight excluding hydrogens is 464 g/mol. The van der Waals surface area contributed by atoms with Gasteiger partial charge >= 0.3 is 0 Å². The molecule has 2 aliphatic carbocycles. The molecule has 0 amide bonds. The zero-order valence-corrected chi connectivity index (χ0v) is 22.3. The second-order valence-corrected chi connectivity index (χ2v) is 11.5. The molecule has 9 heteroatoms. The molecule has 198 valence electrons. The van der Waals surface area contributed by atoms with Gasteiger partial charge in [0.05, 0.1) is 19.9 Å². The number of ether oxygens (including phenoxy) is 1. The first-order valence-electron chi connectivity index (χ1n) is 13.8. The van der Waals surface area contributed by atoms with Gasteiger partial charge in [-0.05, 0) is 68.9 Å². The summed E-state index contributed by atoms with van der Waals surface area (Å²) in [5, 5.41) is 11.8. The minimum Gasteiger partial charge on any atom is -0.496 e. The molecule has 2 saturated carbocycles. The summed E-state index contributed by atoms with van der Waals surface area (Å²) < 4.78 is 7.79. The highest BCUT2D eigenvalue weighted by molar-refractivity contribution is 5.86. The second kappa shape index (κ2) is 10.1. The largest absolute Gasteiger partial charge is 0.496 e. The molecular formula is C28H40N8O. The Kier molecular flexibility index (Phi) is 6.67. The normalized spacial score (nSPS) is 26.2. The Balaban J connectivity index is 1.18. The lowest BCUT2D eigenvalue weighted by Gasteiger charge is -2.37. The quantitative estimate of drug-likeness (QED) is 0.407. The zero-order valence-electron chi connectivity index (χ0n) is 22.3. The first-order chi connectivity index (χ1) is 18.0. The van der Waals surface area contributed by atoms with Crippen LogP contribution in [0.5, 0.6) is 5.75 Å². The highest BCUT2D eigenvalue weighted by Gasteiger charge is 2.40. The van der Waals surface area contributed by atoms with Crippen molar-refractivity contribution in [3.8, 4) is 5.75 Å². The minimum atomic E-state index is 0.275. The topological polar surface area (TPSA) is 106 Å². The molecule has 1 aliphatic heterocycles. The molecule has 3 heterocycles. The van der Waals surface area contributed by atoms with Gasteiger partial charge in [0.15, 0.2) is 5.82 Å². The summed E-state index contributed by atoms with van der Waals surface area (Å²) in [5.74, 6) is 4.58. The Labute approximate surface area is 219 Å². The summed E-state index contributed by atoms with van der Waals surface area (Å²) in [5.41, 5.74) is 10.0. The van der Waals surface area contributed by atoms with Crippen LogP contribution in [0.1, 0.15) is 50.7 Å². The van der Waals surface area contributed by atoms with Crippen molar-refractivity contribution in [3.63, 3.8) is 0 Å². The third-order valence-electron chi connectivity index (χ3n) is 8.58. The number of anilines is 2. The molecule has 1 saturated heterocycles. The predicted octanol–water partition coefficient (Wildman–Crippen LogP) is 3.50. The molecule has 2 atom stereocenters. The van der Waals surface area contributed by atoms with Gasteiger partial charge in [0, 0.05) is 43.8 Å². The Hall–Kier alpha value is -2.91. The maximum absolute atomic E-state index is 6.04. The SMILES string of the molecule is COc1cc(CN2C[C@H](C)NC[C@@H]2C)ccc1Cn1ncc2nc(N)nc(NCC3CC(C4CC4)C3)c21. The van der Waals surface area contributed by atoms with E-state index in [9.17, 15) is 0 Å². The van der Waals surface area contributed by atoms with Crippen LogP contribution in [0.4, 0.5) is 11.8 Å². The van der Waals surface area contributed by atoms with Gasteiger partial charge in [0.2, 0.25) is 5.95 Å². The molecule has 0 bridgehead atoms. The van der Waals surface area contributed by atoms with Crippen LogP contribution in [0.25, 0.3) is 11.0 Å².